The van der Waals surface area contributed by atoms with E-state index in [2.05, 4.69) is 51.3 Å². The maximum atomic E-state index is 5.82. The Balaban J connectivity index is 1.44. The Hall–Kier alpha value is -2.19. The number of hydrogen-bond acceptors (Lipinski definition) is 7. The van der Waals surface area contributed by atoms with Gasteiger partial charge in [0.2, 0.25) is 0 Å². The third-order valence-electron chi connectivity index (χ3n) is 6.15. The Labute approximate surface area is 179 Å². The molecule has 0 amide bonds. The van der Waals surface area contributed by atoms with Crippen LogP contribution in [-0.4, -0.2) is 71.1 Å². The summed E-state index contributed by atoms with van der Waals surface area (Å²) in [7, 11) is 1.70. The van der Waals surface area contributed by atoms with Crippen molar-refractivity contribution in [1.29, 1.82) is 0 Å². The third kappa shape index (κ3) is 4.92. The number of benzene rings is 1. The molecule has 30 heavy (non-hydrogen) atoms. The highest BCUT2D eigenvalue weighted by molar-refractivity contribution is 5.49. The molecule has 0 aliphatic carbocycles. The summed E-state index contributed by atoms with van der Waals surface area (Å²) < 4.78 is 13.1. The summed E-state index contributed by atoms with van der Waals surface area (Å²) in [5.74, 6) is 2.45. The summed E-state index contributed by atoms with van der Waals surface area (Å²) in [6, 6.07) is 8.58. The maximum absolute atomic E-state index is 5.82. The van der Waals surface area contributed by atoms with Gasteiger partial charge >= 0.3 is 0 Å². The van der Waals surface area contributed by atoms with E-state index in [1.807, 2.05) is 16.8 Å². The Bertz CT molecular complexity index is 779. The lowest BCUT2D eigenvalue weighted by Crippen LogP contribution is -2.48. The first-order valence-corrected chi connectivity index (χ1v) is 11.1. The van der Waals surface area contributed by atoms with Crippen molar-refractivity contribution >= 4 is 5.69 Å². The number of hydrogen-bond donors (Lipinski definition) is 0. The van der Waals surface area contributed by atoms with Crippen molar-refractivity contribution in [3.63, 3.8) is 0 Å². The number of anilines is 1. The first kappa shape index (κ1) is 21.1. The molecule has 0 saturated carbocycles. The predicted molar refractivity (Wildman–Crippen MR) is 116 cm³/mol. The van der Waals surface area contributed by atoms with Gasteiger partial charge in [-0.1, -0.05) is 13.8 Å². The van der Waals surface area contributed by atoms with Gasteiger partial charge in [0.15, 0.2) is 5.82 Å². The van der Waals surface area contributed by atoms with Gasteiger partial charge in [0.1, 0.15) is 5.75 Å². The fourth-order valence-electron chi connectivity index (χ4n) is 4.51. The molecule has 2 aliphatic heterocycles. The number of nitrogens with zero attached hydrogens (tertiary/aromatic N) is 6. The molecule has 2 aromatic rings. The van der Waals surface area contributed by atoms with Crippen LogP contribution in [0.25, 0.3) is 0 Å². The summed E-state index contributed by atoms with van der Waals surface area (Å²) in [5, 5.41) is 12.8. The van der Waals surface area contributed by atoms with E-state index in [9.17, 15) is 0 Å². The van der Waals surface area contributed by atoms with Crippen molar-refractivity contribution in [3.8, 4) is 5.75 Å². The highest BCUT2D eigenvalue weighted by Gasteiger charge is 2.31. The van der Waals surface area contributed by atoms with E-state index in [1.165, 1.54) is 5.69 Å². The van der Waals surface area contributed by atoms with Crippen LogP contribution < -0.4 is 9.64 Å². The summed E-state index contributed by atoms with van der Waals surface area (Å²) in [6.45, 7) is 10.1. The van der Waals surface area contributed by atoms with Crippen molar-refractivity contribution in [1.82, 2.24) is 25.1 Å². The zero-order valence-corrected chi connectivity index (χ0v) is 18.4. The first-order chi connectivity index (χ1) is 14.6. The van der Waals surface area contributed by atoms with Crippen LogP contribution in [0.2, 0.25) is 0 Å². The van der Waals surface area contributed by atoms with Crippen LogP contribution in [0.3, 0.4) is 0 Å². The van der Waals surface area contributed by atoms with E-state index in [0.29, 0.717) is 5.92 Å². The molecule has 2 saturated heterocycles. The number of tetrazole rings is 1. The highest BCUT2D eigenvalue weighted by Crippen LogP contribution is 2.29. The van der Waals surface area contributed by atoms with Crippen LogP contribution in [0.4, 0.5) is 5.69 Å². The standard InChI is InChI=1S/C22H34N6O2/c1-17(2)15-21(22-23-24-25-28(22)16-20-5-4-14-30-20)27-12-10-26(11-13-27)18-6-8-19(29-3)9-7-18/h6-9,17,20-21H,4-5,10-16H2,1-3H3/t20-,21+/m1/s1. The summed E-state index contributed by atoms with van der Waals surface area (Å²) in [6.07, 6.45) is 3.51. The van der Waals surface area contributed by atoms with Gasteiger partial charge in [-0.25, -0.2) is 4.68 Å². The number of rotatable bonds is 8. The lowest BCUT2D eigenvalue weighted by atomic mass is 10.0. The van der Waals surface area contributed by atoms with Gasteiger partial charge in [-0.05, 0) is 59.9 Å². The number of aromatic nitrogens is 4. The Morgan fingerprint density at radius 2 is 1.90 bits per heavy atom. The number of ether oxygens (including phenoxy) is 2. The average molecular weight is 415 g/mol. The molecule has 2 atom stereocenters. The molecule has 164 valence electrons. The van der Waals surface area contributed by atoms with Crippen molar-refractivity contribution in [2.24, 2.45) is 5.92 Å². The monoisotopic (exact) mass is 414 g/mol. The SMILES string of the molecule is COc1ccc(N2CCN([C@@H](CC(C)C)c3nnnn3C[C@H]3CCCO3)CC2)cc1. The maximum Gasteiger partial charge on any atom is 0.168 e. The van der Waals surface area contributed by atoms with Gasteiger partial charge in [-0.3, -0.25) is 4.90 Å². The summed E-state index contributed by atoms with van der Waals surface area (Å²) in [4.78, 5) is 5.00. The minimum absolute atomic E-state index is 0.235. The molecule has 3 heterocycles. The van der Waals surface area contributed by atoms with Crippen molar-refractivity contribution in [2.75, 3.05) is 44.8 Å². The largest absolute Gasteiger partial charge is 0.497 e. The van der Waals surface area contributed by atoms with E-state index in [0.717, 1.165) is 70.2 Å². The van der Waals surface area contributed by atoms with E-state index < -0.39 is 0 Å². The van der Waals surface area contributed by atoms with Crippen LogP contribution in [0, 0.1) is 5.92 Å². The van der Waals surface area contributed by atoms with Gasteiger partial charge in [0, 0.05) is 38.5 Å². The van der Waals surface area contributed by atoms with Crippen molar-refractivity contribution in [2.45, 2.75) is 51.8 Å². The lowest BCUT2D eigenvalue weighted by molar-refractivity contribution is 0.0885. The molecule has 2 aliphatic rings. The minimum Gasteiger partial charge on any atom is -0.497 e. The van der Waals surface area contributed by atoms with Gasteiger partial charge in [0.25, 0.3) is 0 Å². The predicted octanol–water partition coefficient (Wildman–Crippen LogP) is 2.77. The zero-order chi connectivity index (χ0) is 20.9. The molecule has 0 bridgehead atoms. The molecule has 0 unspecified atom stereocenters. The fourth-order valence-corrected chi connectivity index (χ4v) is 4.51. The molecular formula is C22H34N6O2. The quantitative estimate of drug-likeness (QED) is 0.658. The molecule has 0 radical (unpaired) electrons. The second kappa shape index (κ2) is 9.75. The minimum atomic E-state index is 0.235. The van der Waals surface area contributed by atoms with Crippen molar-refractivity contribution < 1.29 is 9.47 Å². The van der Waals surface area contributed by atoms with E-state index in [1.54, 1.807) is 7.11 Å². The normalized spacial score (nSPS) is 21.3. The molecule has 1 aromatic carbocycles. The highest BCUT2D eigenvalue weighted by atomic mass is 16.5. The van der Waals surface area contributed by atoms with Crippen LogP contribution in [0.15, 0.2) is 24.3 Å². The fraction of sp³-hybridized carbons (Fsp3) is 0.682. The lowest BCUT2D eigenvalue weighted by Gasteiger charge is -2.40. The Morgan fingerprint density at radius 3 is 2.53 bits per heavy atom. The summed E-state index contributed by atoms with van der Waals surface area (Å²) >= 11 is 0. The van der Waals surface area contributed by atoms with Crippen molar-refractivity contribution in [3.05, 3.63) is 30.1 Å². The van der Waals surface area contributed by atoms with Gasteiger partial charge in [0.05, 0.1) is 25.8 Å². The molecular weight excluding hydrogens is 380 g/mol. The van der Waals surface area contributed by atoms with E-state index in [-0.39, 0.29) is 12.1 Å². The van der Waals surface area contributed by atoms with Gasteiger partial charge < -0.3 is 14.4 Å². The average Bonchev–Trinajstić information content (AvgIpc) is 3.45. The van der Waals surface area contributed by atoms with E-state index in [4.69, 9.17) is 9.47 Å². The zero-order valence-electron chi connectivity index (χ0n) is 18.4. The molecule has 0 spiro atoms. The second-order valence-electron chi connectivity index (χ2n) is 8.72. The summed E-state index contributed by atoms with van der Waals surface area (Å²) in [5.41, 5.74) is 1.25. The van der Waals surface area contributed by atoms with Crippen LogP contribution >= 0.6 is 0 Å². The van der Waals surface area contributed by atoms with Gasteiger partial charge in [-0.15, -0.1) is 5.10 Å². The molecule has 4 rings (SSSR count). The Kier molecular flexibility index (Phi) is 6.84. The first-order valence-electron chi connectivity index (χ1n) is 11.1. The second-order valence-corrected chi connectivity index (χ2v) is 8.72. The third-order valence-corrected chi connectivity index (χ3v) is 6.15. The van der Waals surface area contributed by atoms with Crippen LogP contribution in [0.1, 0.15) is 45.0 Å². The smallest absolute Gasteiger partial charge is 0.168 e. The molecule has 1 aromatic heterocycles. The number of piperazine rings is 1. The van der Waals surface area contributed by atoms with Crippen LogP contribution in [0.5, 0.6) is 5.75 Å². The molecule has 2 fully saturated rings. The topological polar surface area (TPSA) is 68.5 Å². The van der Waals surface area contributed by atoms with E-state index >= 15 is 0 Å². The molecule has 8 nitrogen and oxygen atoms in total. The molecule has 0 N–H and O–H groups in total. The number of methoxy groups -OCH3 is 1. The Morgan fingerprint density at radius 1 is 1.13 bits per heavy atom. The van der Waals surface area contributed by atoms with Crippen LogP contribution in [-0.2, 0) is 11.3 Å². The molecule has 8 heteroatoms. The van der Waals surface area contributed by atoms with Gasteiger partial charge in [-0.2, -0.15) is 0 Å².